The zero-order valence-electron chi connectivity index (χ0n) is 14.1. The van der Waals surface area contributed by atoms with Crippen LogP contribution in [0.1, 0.15) is 19.0 Å². The fraction of sp³-hybridized carbons (Fsp3) is 0.562. The van der Waals surface area contributed by atoms with Gasteiger partial charge in [0.2, 0.25) is 5.91 Å². The van der Waals surface area contributed by atoms with E-state index >= 15 is 0 Å². The number of carbonyl (C=O) groups is 1. The van der Waals surface area contributed by atoms with Crippen molar-refractivity contribution in [2.45, 2.75) is 45.0 Å². The lowest BCUT2D eigenvalue weighted by Crippen LogP contribution is -2.39. The van der Waals surface area contributed by atoms with Crippen LogP contribution in [0.4, 0.5) is 5.82 Å². The molecule has 8 heteroatoms. The Kier molecular flexibility index (Phi) is 4.84. The summed E-state index contributed by atoms with van der Waals surface area (Å²) in [5.74, 6) is 0.556. The van der Waals surface area contributed by atoms with Crippen molar-refractivity contribution in [2.24, 2.45) is 0 Å². The van der Waals surface area contributed by atoms with Gasteiger partial charge in [0.25, 0.3) is 0 Å². The molecule has 8 nitrogen and oxygen atoms in total. The molecule has 24 heavy (non-hydrogen) atoms. The summed E-state index contributed by atoms with van der Waals surface area (Å²) in [6.45, 7) is 4.04. The average molecular weight is 332 g/mol. The van der Waals surface area contributed by atoms with Crippen LogP contribution in [0, 0.1) is 0 Å². The highest BCUT2D eigenvalue weighted by atomic mass is 16.5. The topological polar surface area (TPSA) is 91.2 Å². The summed E-state index contributed by atoms with van der Waals surface area (Å²) in [4.78, 5) is 14.6. The van der Waals surface area contributed by atoms with Gasteiger partial charge in [-0.05, 0) is 25.5 Å². The molecule has 1 fully saturated rings. The molecule has 2 atom stereocenters. The molecule has 2 aromatic heterocycles. The molecule has 3 heterocycles. The van der Waals surface area contributed by atoms with Crippen molar-refractivity contribution in [3.63, 3.8) is 0 Å². The lowest BCUT2D eigenvalue weighted by atomic mass is 10.2. The Hall–Kier alpha value is -2.35. The summed E-state index contributed by atoms with van der Waals surface area (Å²) in [6.07, 6.45) is 4.89. The average Bonchev–Trinajstić information content (AvgIpc) is 3.28. The monoisotopic (exact) mass is 332 g/mol. The van der Waals surface area contributed by atoms with E-state index in [0.29, 0.717) is 25.3 Å². The van der Waals surface area contributed by atoms with Crippen molar-refractivity contribution in [3.8, 4) is 0 Å². The van der Waals surface area contributed by atoms with Crippen LogP contribution in [0.25, 0.3) is 0 Å². The van der Waals surface area contributed by atoms with Crippen molar-refractivity contribution in [2.75, 3.05) is 19.4 Å². The predicted molar refractivity (Wildman–Crippen MR) is 89.2 cm³/mol. The molecular weight excluding hydrogens is 308 g/mol. The number of nitrogens with two attached hydrogens (primary N) is 1. The number of aromatic nitrogens is 4. The van der Waals surface area contributed by atoms with E-state index < -0.39 is 0 Å². The van der Waals surface area contributed by atoms with E-state index in [1.54, 1.807) is 17.9 Å². The molecule has 3 rings (SSSR count). The maximum Gasteiger partial charge on any atom is 0.229 e. The van der Waals surface area contributed by atoms with Crippen LogP contribution < -0.4 is 5.73 Å². The minimum Gasteiger partial charge on any atom is -0.382 e. The molecule has 0 spiro atoms. The van der Waals surface area contributed by atoms with Gasteiger partial charge in [-0.1, -0.05) is 0 Å². The van der Waals surface area contributed by atoms with Crippen molar-refractivity contribution >= 4 is 11.7 Å². The van der Waals surface area contributed by atoms with E-state index in [1.165, 1.54) is 0 Å². The van der Waals surface area contributed by atoms with Gasteiger partial charge in [-0.2, -0.15) is 10.2 Å². The molecule has 1 amide bonds. The van der Waals surface area contributed by atoms with Crippen LogP contribution >= 0.6 is 0 Å². The number of carbonyl (C=O) groups excluding carboxylic acids is 1. The van der Waals surface area contributed by atoms with E-state index in [9.17, 15) is 4.79 Å². The van der Waals surface area contributed by atoms with E-state index in [2.05, 4.69) is 10.2 Å². The fourth-order valence-electron chi connectivity index (χ4n) is 3.15. The number of amides is 1. The molecule has 0 radical (unpaired) electrons. The van der Waals surface area contributed by atoms with Gasteiger partial charge in [-0.3, -0.25) is 14.2 Å². The molecule has 1 aliphatic rings. The Morgan fingerprint density at radius 1 is 1.33 bits per heavy atom. The maximum atomic E-state index is 12.7. The molecule has 0 aromatic carbocycles. The van der Waals surface area contributed by atoms with Gasteiger partial charge in [0.15, 0.2) is 0 Å². The molecule has 0 unspecified atom stereocenters. The molecule has 2 aromatic rings. The SMILES string of the molecule is CCn1ccc(CC(=O)N2C[C@H](OC)C[C@H]2Cn2ccc(N)n2)n1. The van der Waals surface area contributed by atoms with Crippen LogP contribution in [-0.2, 0) is 29.0 Å². The third kappa shape index (κ3) is 3.59. The number of ether oxygens (including phenoxy) is 1. The normalized spacial score (nSPS) is 20.7. The second-order valence-electron chi connectivity index (χ2n) is 6.10. The van der Waals surface area contributed by atoms with Crippen molar-refractivity contribution in [3.05, 3.63) is 30.2 Å². The molecule has 0 saturated carbocycles. The number of hydrogen-bond donors (Lipinski definition) is 1. The van der Waals surface area contributed by atoms with Crippen LogP contribution in [0.2, 0.25) is 0 Å². The van der Waals surface area contributed by atoms with Gasteiger partial charge in [0, 0.05) is 32.6 Å². The first-order valence-electron chi connectivity index (χ1n) is 8.22. The lowest BCUT2D eigenvalue weighted by molar-refractivity contribution is -0.131. The summed E-state index contributed by atoms with van der Waals surface area (Å²) in [5, 5.41) is 8.61. The number of likely N-dealkylation sites (tertiary alicyclic amines) is 1. The smallest absolute Gasteiger partial charge is 0.229 e. The molecule has 0 aliphatic carbocycles. The van der Waals surface area contributed by atoms with Crippen molar-refractivity contribution in [1.29, 1.82) is 0 Å². The van der Waals surface area contributed by atoms with E-state index in [0.717, 1.165) is 18.7 Å². The minimum absolute atomic E-state index is 0.0509. The highest BCUT2D eigenvalue weighted by Crippen LogP contribution is 2.22. The second kappa shape index (κ2) is 7.04. The van der Waals surface area contributed by atoms with Crippen LogP contribution in [-0.4, -0.2) is 56.2 Å². The van der Waals surface area contributed by atoms with Crippen molar-refractivity contribution in [1.82, 2.24) is 24.5 Å². The van der Waals surface area contributed by atoms with Gasteiger partial charge in [0.1, 0.15) is 5.82 Å². The van der Waals surface area contributed by atoms with Crippen LogP contribution in [0.5, 0.6) is 0 Å². The number of rotatable bonds is 6. The zero-order chi connectivity index (χ0) is 17.1. The molecule has 130 valence electrons. The number of aryl methyl sites for hydroxylation is 1. The fourth-order valence-corrected chi connectivity index (χ4v) is 3.15. The first-order valence-corrected chi connectivity index (χ1v) is 8.22. The standard InChI is InChI=1S/C16H24N6O2/c1-3-20-6-4-12(18-20)8-16(23)22-11-14(24-2)9-13(22)10-21-7-5-15(17)19-21/h4-7,13-14H,3,8-11H2,1-2H3,(H2,17,19)/t13-,14+/m0/s1. The third-order valence-corrected chi connectivity index (χ3v) is 4.44. The minimum atomic E-state index is 0.0509. The number of hydrogen-bond acceptors (Lipinski definition) is 5. The zero-order valence-corrected chi connectivity index (χ0v) is 14.1. The first kappa shape index (κ1) is 16.5. The van der Waals surface area contributed by atoms with Gasteiger partial charge in [0.05, 0.1) is 30.8 Å². The Labute approximate surface area is 141 Å². The Morgan fingerprint density at radius 2 is 2.12 bits per heavy atom. The van der Waals surface area contributed by atoms with E-state index in [4.69, 9.17) is 10.5 Å². The van der Waals surface area contributed by atoms with Gasteiger partial charge >= 0.3 is 0 Å². The Bertz CT molecular complexity index is 694. The predicted octanol–water partition coefficient (Wildman–Crippen LogP) is 0.540. The summed E-state index contributed by atoms with van der Waals surface area (Å²) < 4.78 is 9.08. The highest BCUT2D eigenvalue weighted by Gasteiger charge is 2.35. The van der Waals surface area contributed by atoms with Crippen LogP contribution in [0.3, 0.4) is 0 Å². The molecular formula is C16H24N6O2. The largest absolute Gasteiger partial charge is 0.382 e. The summed E-state index contributed by atoms with van der Waals surface area (Å²) in [6, 6.07) is 3.70. The van der Waals surface area contributed by atoms with Gasteiger partial charge in [-0.15, -0.1) is 0 Å². The van der Waals surface area contributed by atoms with Gasteiger partial charge < -0.3 is 15.4 Å². The summed E-state index contributed by atoms with van der Waals surface area (Å²) >= 11 is 0. The number of nitrogens with zero attached hydrogens (tertiary/aromatic N) is 5. The number of methoxy groups -OCH3 is 1. The third-order valence-electron chi connectivity index (χ3n) is 4.44. The molecule has 1 saturated heterocycles. The highest BCUT2D eigenvalue weighted by molar-refractivity contribution is 5.79. The Balaban J connectivity index is 1.68. The van der Waals surface area contributed by atoms with Crippen molar-refractivity contribution < 1.29 is 9.53 Å². The second-order valence-corrected chi connectivity index (χ2v) is 6.10. The van der Waals surface area contributed by atoms with Gasteiger partial charge in [-0.25, -0.2) is 0 Å². The Morgan fingerprint density at radius 3 is 2.75 bits per heavy atom. The quantitative estimate of drug-likeness (QED) is 0.834. The van der Waals surface area contributed by atoms with Crippen LogP contribution in [0.15, 0.2) is 24.5 Å². The maximum absolute atomic E-state index is 12.7. The molecule has 0 bridgehead atoms. The summed E-state index contributed by atoms with van der Waals surface area (Å²) in [7, 11) is 1.69. The lowest BCUT2D eigenvalue weighted by Gasteiger charge is -2.24. The summed E-state index contributed by atoms with van der Waals surface area (Å²) in [5.41, 5.74) is 6.47. The first-order chi connectivity index (χ1) is 11.6. The number of nitrogen functional groups attached to an aromatic ring is 1. The van der Waals surface area contributed by atoms with E-state index in [1.807, 2.05) is 35.0 Å². The molecule has 1 aliphatic heterocycles. The van der Waals surface area contributed by atoms with E-state index in [-0.39, 0.29) is 18.1 Å². The number of anilines is 1. The molecule has 2 N–H and O–H groups in total.